The van der Waals surface area contributed by atoms with Gasteiger partial charge < -0.3 is 27.1 Å². The van der Waals surface area contributed by atoms with Crippen LogP contribution in [0.4, 0.5) is 10.9 Å². The summed E-state index contributed by atoms with van der Waals surface area (Å²) in [5.74, 6) is -2.39. The maximum Gasteiger partial charge on any atom is 0.352 e. The molecule has 0 bridgehead atoms. The number of oxime groups is 1. The number of carboxylic acid groups (broad SMARTS) is 1. The molecule has 1 saturated heterocycles. The molecule has 19 heteroatoms. The Morgan fingerprint density at radius 2 is 2.13 bits per heavy atom. The van der Waals surface area contributed by atoms with Gasteiger partial charge in [-0.1, -0.05) is 39.9 Å². The maximum absolute atomic E-state index is 12.9. The zero-order valence-corrected chi connectivity index (χ0v) is 21.9. The molecule has 0 saturated carbocycles. The van der Waals surface area contributed by atoms with E-state index < -0.39 is 34.9 Å². The molecule has 3 aromatic rings. The Hall–Kier alpha value is -3.87. The predicted molar refractivity (Wildman–Crippen MR) is 141 cm³/mol. The van der Waals surface area contributed by atoms with Gasteiger partial charge in [-0.3, -0.25) is 19.6 Å². The van der Waals surface area contributed by atoms with Crippen molar-refractivity contribution in [2.24, 2.45) is 5.16 Å². The number of thioether (sulfide) groups is 2. The number of amides is 2. The third-order valence-corrected chi connectivity index (χ3v) is 8.44. The number of anilines is 2. The Bertz CT molecular complexity index is 1580. The highest BCUT2D eigenvalue weighted by Crippen LogP contribution is 2.41. The van der Waals surface area contributed by atoms with Crippen molar-refractivity contribution in [3.8, 4) is 0 Å². The number of hydrogen-bond acceptors (Lipinski definition) is 14. The van der Waals surface area contributed by atoms with Crippen molar-refractivity contribution in [1.29, 1.82) is 0 Å². The van der Waals surface area contributed by atoms with Gasteiger partial charge in [0.15, 0.2) is 21.6 Å². The number of hydrogen-bond donors (Lipinski definition) is 6. The fourth-order valence-corrected chi connectivity index (χ4v) is 6.61. The molecule has 38 heavy (non-hydrogen) atoms. The van der Waals surface area contributed by atoms with Crippen molar-refractivity contribution in [3.05, 3.63) is 39.0 Å². The van der Waals surface area contributed by atoms with Crippen LogP contribution in [0.15, 0.2) is 39.3 Å². The number of nitrogens with one attached hydrogen (secondary N) is 2. The first-order valence-electron chi connectivity index (χ1n) is 10.4. The number of halogens is 1. The van der Waals surface area contributed by atoms with E-state index in [9.17, 15) is 24.7 Å². The molecule has 0 aromatic carbocycles. The minimum Gasteiger partial charge on any atom is -0.477 e. The van der Waals surface area contributed by atoms with Crippen LogP contribution >= 0.6 is 46.5 Å². The predicted octanol–water partition coefficient (Wildman–Crippen LogP) is 0.850. The van der Waals surface area contributed by atoms with Crippen molar-refractivity contribution < 1.29 is 24.7 Å². The molecular formula is C19H15ClN10O5S3. The molecule has 0 radical (unpaired) electrons. The van der Waals surface area contributed by atoms with Crippen LogP contribution in [0, 0.1) is 0 Å². The van der Waals surface area contributed by atoms with E-state index in [2.05, 4.69) is 35.6 Å². The largest absolute Gasteiger partial charge is 0.477 e. The van der Waals surface area contributed by atoms with Gasteiger partial charge >= 0.3 is 5.97 Å². The van der Waals surface area contributed by atoms with Crippen LogP contribution in [-0.4, -0.2) is 81.0 Å². The number of carbonyl (C=O) groups is 3. The topological polar surface area (TPSA) is 239 Å². The maximum atomic E-state index is 12.9. The van der Waals surface area contributed by atoms with E-state index in [-0.39, 0.29) is 32.4 Å². The van der Waals surface area contributed by atoms with Crippen molar-refractivity contribution in [2.45, 2.75) is 16.6 Å². The van der Waals surface area contributed by atoms with Crippen molar-refractivity contribution in [3.63, 3.8) is 0 Å². The lowest BCUT2D eigenvalue weighted by Gasteiger charge is -2.49. The Labute approximate surface area is 229 Å². The fraction of sp³-hybridized carbons (Fsp3) is 0.158. The molecule has 3 aromatic heterocycles. The van der Waals surface area contributed by atoms with Gasteiger partial charge in [0.05, 0.1) is 11.6 Å². The van der Waals surface area contributed by atoms with E-state index >= 15 is 0 Å². The van der Waals surface area contributed by atoms with Gasteiger partial charge in [-0.2, -0.15) is 5.10 Å². The number of rotatable bonds is 7. The van der Waals surface area contributed by atoms with Crippen molar-refractivity contribution in [2.75, 3.05) is 17.2 Å². The van der Waals surface area contributed by atoms with Crippen LogP contribution in [-0.2, 0) is 14.4 Å². The smallest absolute Gasteiger partial charge is 0.352 e. The SMILES string of the molecule is Nc1nc(C(=NO)C(=O)N[C@@H]2C(=O)N3C(C(=O)O)=C(C=CSc4nc(N)c5cn[nH]c5n4)CS[C@H]23)c(Cl)s1. The Kier molecular flexibility index (Phi) is 6.86. The Morgan fingerprint density at radius 1 is 1.34 bits per heavy atom. The standard InChI is InChI=1S/C19H15ClN10O5S3/c20-11-7(25-18(22)38-11)8(29-35)14(31)24-9-15(32)30-10(17(33)34)5(4-37-16(9)30)1-2-36-19-26-12(21)6-3-23-28-13(6)27-19/h1-3,9,16,35H,4H2,(H2,22,25)(H,24,31)(H,33,34)(H3,21,23,26,27,28)/t9-,16-/m1/s1. The first kappa shape index (κ1) is 25.8. The number of fused-ring (bicyclic) bond motifs is 2. The summed E-state index contributed by atoms with van der Waals surface area (Å²) >= 11 is 9.23. The number of carbonyl (C=O) groups excluding carboxylic acids is 2. The average Bonchev–Trinajstić information content (AvgIpc) is 3.48. The molecule has 0 unspecified atom stereocenters. The second-order valence-corrected chi connectivity index (χ2v) is 11.2. The molecule has 2 aliphatic rings. The lowest BCUT2D eigenvalue weighted by Crippen LogP contribution is -2.71. The molecule has 1 fully saturated rings. The lowest BCUT2D eigenvalue weighted by molar-refractivity contribution is -0.150. The summed E-state index contributed by atoms with van der Waals surface area (Å²) in [6.07, 6.45) is 3.06. The summed E-state index contributed by atoms with van der Waals surface area (Å²) in [5.41, 5.74) is 11.4. The number of β-lactam (4-membered cyclic amide) rings is 1. The van der Waals surface area contributed by atoms with Crippen LogP contribution in [0.1, 0.15) is 5.69 Å². The number of aromatic amines is 1. The number of nitrogen functional groups attached to an aromatic ring is 2. The van der Waals surface area contributed by atoms with Gasteiger partial charge in [0.2, 0.25) is 0 Å². The molecule has 0 aliphatic carbocycles. The molecule has 5 rings (SSSR count). The molecule has 5 heterocycles. The monoisotopic (exact) mass is 594 g/mol. The third kappa shape index (κ3) is 4.51. The highest BCUT2D eigenvalue weighted by Gasteiger charge is 2.54. The molecule has 15 nitrogen and oxygen atoms in total. The number of aromatic nitrogens is 5. The van der Waals surface area contributed by atoms with Crippen LogP contribution in [0.3, 0.4) is 0 Å². The Morgan fingerprint density at radius 3 is 2.82 bits per heavy atom. The normalized spacial score (nSPS) is 19.7. The van der Waals surface area contributed by atoms with E-state index in [1.54, 1.807) is 11.5 Å². The van der Waals surface area contributed by atoms with Gasteiger partial charge in [-0.05, 0) is 17.1 Å². The number of H-pyrrole nitrogens is 1. The summed E-state index contributed by atoms with van der Waals surface area (Å²) in [7, 11) is 0. The van der Waals surface area contributed by atoms with Crippen molar-refractivity contribution in [1.82, 2.24) is 35.4 Å². The first-order valence-corrected chi connectivity index (χ1v) is 13.5. The zero-order chi connectivity index (χ0) is 27.1. The fourth-order valence-electron chi connectivity index (χ4n) is 3.71. The summed E-state index contributed by atoms with van der Waals surface area (Å²) in [6.45, 7) is 0. The number of aliphatic carboxylic acids is 1. The molecular weight excluding hydrogens is 580 g/mol. The van der Waals surface area contributed by atoms with Crippen LogP contribution in [0.25, 0.3) is 11.0 Å². The molecule has 2 amide bonds. The zero-order valence-electron chi connectivity index (χ0n) is 18.7. The van der Waals surface area contributed by atoms with E-state index in [4.69, 9.17) is 23.1 Å². The first-order chi connectivity index (χ1) is 18.2. The van der Waals surface area contributed by atoms with Gasteiger partial charge in [-0.15, -0.1) is 11.8 Å². The summed E-state index contributed by atoms with van der Waals surface area (Å²) < 4.78 is 0.0296. The molecule has 2 atom stereocenters. The summed E-state index contributed by atoms with van der Waals surface area (Å²) in [4.78, 5) is 51.1. The Balaban J connectivity index is 1.31. The highest BCUT2D eigenvalue weighted by atomic mass is 35.5. The lowest BCUT2D eigenvalue weighted by atomic mass is 10.0. The van der Waals surface area contributed by atoms with Gasteiger partial charge in [0, 0.05) is 5.75 Å². The van der Waals surface area contributed by atoms with Gasteiger partial charge in [0.1, 0.15) is 33.0 Å². The highest BCUT2D eigenvalue weighted by molar-refractivity contribution is 8.02. The van der Waals surface area contributed by atoms with E-state index in [0.717, 1.165) is 28.0 Å². The quantitative estimate of drug-likeness (QED) is 0.0556. The van der Waals surface area contributed by atoms with E-state index in [0.29, 0.717) is 21.8 Å². The van der Waals surface area contributed by atoms with E-state index in [1.807, 2.05) is 0 Å². The number of nitrogens with two attached hydrogens (primary N) is 2. The van der Waals surface area contributed by atoms with Crippen LogP contribution in [0.5, 0.6) is 0 Å². The van der Waals surface area contributed by atoms with Gasteiger partial charge in [-0.25, -0.2) is 19.7 Å². The minimum absolute atomic E-state index is 0.0296. The van der Waals surface area contributed by atoms with Crippen LogP contribution < -0.4 is 16.8 Å². The molecule has 0 spiro atoms. The average molecular weight is 595 g/mol. The number of thiazole rings is 1. The molecule has 8 N–H and O–H groups in total. The second kappa shape index (κ2) is 10.1. The van der Waals surface area contributed by atoms with E-state index in [1.165, 1.54) is 18.0 Å². The summed E-state index contributed by atoms with van der Waals surface area (Å²) in [5, 5.41) is 33.0. The van der Waals surface area contributed by atoms with Crippen LogP contribution in [0.2, 0.25) is 4.34 Å². The molecule has 196 valence electrons. The second-order valence-electron chi connectivity index (χ2n) is 7.61. The molecule has 2 aliphatic heterocycles. The van der Waals surface area contributed by atoms with Gasteiger partial charge in [0.25, 0.3) is 11.8 Å². The minimum atomic E-state index is -1.31. The van der Waals surface area contributed by atoms with Crippen molar-refractivity contribution >= 4 is 91.9 Å². The number of nitrogens with zero attached hydrogens (tertiary/aromatic N) is 6. The number of allylic oxidation sites excluding steroid dienone is 1. The summed E-state index contributed by atoms with van der Waals surface area (Å²) in [6, 6.07) is -1.06. The third-order valence-electron chi connectivity index (χ3n) is 5.39. The number of carboxylic acids is 1.